The van der Waals surface area contributed by atoms with Gasteiger partial charge in [0.25, 0.3) is 11.2 Å². The van der Waals surface area contributed by atoms with Crippen LogP contribution >= 0.6 is 11.6 Å². The number of fused-ring (bicyclic) bond motifs is 1. The highest BCUT2D eigenvalue weighted by Crippen LogP contribution is 2.27. The Morgan fingerprint density at radius 2 is 2.07 bits per heavy atom. The van der Waals surface area contributed by atoms with Crippen LogP contribution in [0.3, 0.4) is 0 Å². The Kier molecular flexibility index (Phi) is 1.78. The van der Waals surface area contributed by atoms with Gasteiger partial charge in [0.15, 0.2) is 0 Å². The molecule has 0 aliphatic carbocycles. The number of benzene rings is 1. The third kappa shape index (κ3) is 1.16. The van der Waals surface area contributed by atoms with Gasteiger partial charge in [-0.05, 0) is 6.07 Å². The van der Waals surface area contributed by atoms with Gasteiger partial charge in [-0.15, -0.1) is 0 Å². The van der Waals surface area contributed by atoms with E-state index in [0.717, 1.165) is 0 Å². The maximum Gasteiger partial charge on any atom is 0.290 e. The molecule has 1 aromatic heterocycles. The van der Waals surface area contributed by atoms with Gasteiger partial charge < -0.3 is 0 Å². The Labute approximate surface area is 81.6 Å². The van der Waals surface area contributed by atoms with Gasteiger partial charge in [0.1, 0.15) is 5.02 Å². The molecule has 0 bridgehead atoms. The number of rotatable bonds is 1. The van der Waals surface area contributed by atoms with E-state index in [0.29, 0.717) is 10.9 Å². The molecule has 0 saturated heterocycles. The van der Waals surface area contributed by atoms with E-state index in [1.165, 1.54) is 12.1 Å². The van der Waals surface area contributed by atoms with Crippen LogP contribution in [0.15, 0.2) is 16.9 Å². The third-order valence-corrected chi connectivity index (χ3v) is 2.14. The predicted octanol–water partition coefficient (Wildman–Crippen LogP) is 1.42. The first-order chi connectivity index (χ1) is 6.59. The van der Waals surface area contributed by atoms with Crippen LogP contribution in [-0.2, 0) is 0 Å². The average molecular weight is 214 g/mol. The van der Waals surface area contributed by atoms with E-state index in [1.54, 1.807) is 0 Å². The van der Waals surface area contributed by atoms with E-state index in [9.17, 15) is 14.9 Å². The first kappa shape index (κ1) is 8.76. The molecule has 0 atom stereocenters. The van der Waals surface area contributed by atoms with E-state index in [1.807, 2.05) is 0 Å². The fourth-order valence-electron chi connectivity index (χ4n) is 1.18. The standard InChI is InChI=1S/C7H4ClN3O3/c8-4-1-3-5(9-10-7(3)12)2-6(4)11(13)14/h1-2H,(H2,9,10,12). The van der Waals surface area contributed by atoms with Crippen molar-refractivity contribution < 1.29 is 4.92 Å². The lowest BCUT2D eigenvalue weighted by atomic mass is 10.2. The number of aromatic nitrogens is 2. The van der Waals surface area contributed by atoms with Crippen LogP contribution in [0, 0.1) is 10.1 Å². The minimum Gasteiger partial charge on any atom is -0.297 e. The molecule has 0 unspecified atom stereocenters. The molecule has 0 amide bonds. The van der Waals surface area contributed by atoms with Crippen molar-refractivity contribution >= 4 is 28.2 Å². The van der Waals surface area contributed by atoms with Crippen LogP contribution in [0.4, 0.5) is 5.69 Å². The molecule has 0 aliphatic heterocycles. The molecule has 7 heteroatoms. The fourth-order valence-corrected chi connectivity index (χ4v) is 1.42. The zero-order valence-corrected chi connectivity index (χ0v) is 7.46. The van der Waals surface area contributed by atoms with Gasteiger partial charge in [-0.3, -0.25) is 25.1 Å². The summed E-state index contributed by atoms with van der Waals surface area (Å²) in [5.74, 6) is 0. The molecule has 72 valence electrons. The molecule has 0 fully saturated rings. The Balaban J connectivity index is 2.85. The highest BCUT2D eigenvalue weighted by atomic mass is 35.5. The Bertz CT molecular complexity index is 571. The van der Waals surface area contributed by atoms with E-state index >= 15 is 0 Å². The number of nitro groups is 1. The van der Waals surface area contributed by atoms with Gasteiger partial charge in [-0.25, -0.2) is 0 Å². The van der Waals surface area contributed by atoms with Crippen molar-refractivity contribution in [1.29, 1.82) is 0 Å². The molecule has 1 heterocycles. The number of nitrogens with one attached hydrogen (secondary N) is 2. The normalized spacial score (nSPS) is 10.6. The summed E-state index contributed by atoms with van der Waals surface area (Å²) >= 11 is 5.62. The van der Waals surface area contributed by atoms with Crippen molar-refractivity contribution in [1.82, 2.24) is 10.2 Å². The largest absolute Gasteiger partial charge is 0.297 e. The van der Waals surface area contributed by atoms with Gasteiger partial charge in [0.2, 0.25) is 0 Å². The summed E-state index contributed by atoms with van der Waals surface area (Å²) in [5.41, 5.74) is -0.211. The lowest BCUT2D eigenvalue weighted by molar-refractivity contribution is -0.384. The van der Waals surface area contributed by atoms with Crippen LogP contribution in [0.2, 0.25) is 5.02 Å². The molecule has 0 aliphatic rings. The van der Waals surface area contributed by atoms with Crippen molar-refractivity contribution in [2.75, 3.05) is 0 Å². The van der Waals surface area contributed by atoms with Crippen LogP contribution in [0.25, 0.3) is 10.9 Å². The van der Waals surface area contributed by atoms with Crippen LogP contribution in [-0.4, -0.2) is 15.1 Å². The summed E-state index contributed by atoms with van der Waals surface area (Å²) in [7, 11) is 0. The van der Waals surface area contributed by atoms with Crippen LogP contribution in [0.5, 0.6) is 0 Å². The summed E-state index contributed by atoms with van der Waals surface area (Å²) in [5, 5.41) is 15.6. The van der Waals surface area contributed by atoms with E-state index < -0.39 is 4.92 Å². The smallest absolute Gasteiger partial charge is 0.290 e. The van der Waals surface area contributed by atoms with E-state index in [-0.39, 0.29) is 16.3 Å². The summed E-state index contributed by atoms with van der Waals surface area (Å²) in [6.45, 7) is 0. The van der Waals surface area contributed by atoms with Gasteiger partial charge in [0.05, 0.1) is 15.8 Å². The number of halogens is 1. The predicted molar refractivity (Wildman–Crippen MR) is 50.6 cm³/mol. The molecular weight excluding hydrogens is 210 g/mol. The second kappa shape index (κ2) is 2.85. The van der Waals surface area contributed by atoms with Crippen molar-refractivity contribution in [2.24, 2.45) is 0 Å². The van der Waals surface area contributed by atoms with E-state index in [4.69, 9.17) is 11.6 Å². The summed E-state index contributed by atoms with van der Waals surface area (Å²) < 4.78 is 0. The molecule has 0 radical (unpaired) electrons. The minimum atomic E-state index is -0.604. The van der Waals surface area contributed by atoms with Gasteiger partial charge in [0, 0.05) is 6.07 Å². The maximum atomic E-state index is 11.1. The molecule has 2 N–H and O–H groups in total. The van der Waals surface area contributed by atoms with Crippen LogP contribution in [0.1, 0.15) is 0 Å². The van der Waals surface area contributed by atoms with E-state index in [2.05, 4.69) is 10.2 Å². The first-order valence-corrected chi connectivity index (χ1v) is 4.01. The lowest BCUT2D eigenvalue weighted by Gasteiger charge is -1.93. The first-order valence-electron chi connectivity index (χ1n) is 3.64. The fraction of sp³-hybridized carbons (Fsp3) is 0. The molecule has 0 saturated carbocycles. The third-order valence-electron chi connectivity index (χ3n) is 1.84. The number of nitrogens with zero attached hydrogens (tertiary/aromatic N) is 1. The molecule has 2 rings (SSSR count). The number of H-pyrrole nitrogens is 2. The summed E-state index contributed by atoms with van der Waals surface area (Å²) in [4.78, 5) is 21.0. The highest BCUT2D eigenvalue weighted by Gasteiger charge is 2.15. The summed E-state index contributed by atoms with van der Waals surface area (Å²) in [6, 6.07) is 2.49. The zero-order valence-electron chi connectivity index (χ0n) is 6.70. The monoisotopic (exact) mass is 213 g/mol. The highest BCUT2D eigenvalue weighted by molar-refractivity contribution is 6.33. The Hall–Kier alpha value is -1.82. The average Bonchev–Trinajstić information content (AvgIpc) is 2.46. The SMILES string of the molecule is O=c1[nH][nH]c2cc([N+](=O)[O-])c(Cl)cc12. The molecule has 0 spiro atoms. The lowest BCUT2D eigenvalue weighted by Crippen LogP contribution is -1.97. The molecule has 14 heavy (non-hydrogen) atoms. The molecule has 2 aromatic rings. The summed E-state index contributed by atoms with van der Waals surface area (Å²) in [6.07, 6.45) is 0. The van der Waals surface area contributed by atoms with Crippen molar-refractivity contribution in [3.05, 3.63) is 37.6 Å². The Morgan fingerprint density at radius 3 is 2.71 bits per heavy atom. The number of nitro benzene ring substituents is 1. The topological polar surface area (TPSA) is 91.8 Å². The van der Waals surface area contributed by atoms with Crippen molar-refractivity contribution in [3.8, 4) is 0 Å². The molecule has 1 aromatic carbocycles. The van der Waals surface area contributed by atoms with Crippen molar-refractivity contribution in [3.63, 3.8) is 0 Å². The molecular formula is C7H4ClN3O3. The number of hydrogen-bond acceptors (Lipinski definition) is 3. The Morgan fingerprint density at radius 1 is 1.36 bits per heavy atom. The number of aromatic amines is 2. The quantitative estimate of drug-likeness (QED) is 0.554. The minimum absolute atomic E-state index is 0.0485. The maximum absolute atomic E-state index is 11.1. The molecule has 6 nitrogen and oxygen atoms in total. The number of hydrogen-bond donors (Lipinski definition) is 2. The van der Waals surface area contributed by atoms with Crippen LogP contribution < -0.4 is 5.56 Å². The van der Waals surface area contributed by atoms with Gasteiger partial charge in [-0.2, -0.15) is 0 Å². The zero-order chi connectivity index (χ0) is 10.3. The van der Waals surface area contributed by atoms with Gasteiger partial charge in [-0.1, -0.05) is 11.6 Å². The van der Waals surface area contributed by atoms with Gasteiger partial charge >= 0.3 is 0 Å². The second-order valence-corrected chi connectivity index (χ2v) is 3.09. The second-order valence-electron chi connectivity index (χ2n) is 2.69. The van der Waals surface area contributed by atoms with Crippen molar-refractivity contribution in [2.45, 2.75) is 0 Å².